The molecule has 18 heavy (non-hydrogen) atoms. The van der Waals surface area contributed by atoms with Crippen LogP contribution in [0.3, 0.4) is 0 Å². The van der Waals surface area contributed by atoms with Crippen LogP contribution in [0.5, 0.6) is 0 Å². The maximum Gasteiger partial charge on any atom is 0.159 e. The van der Waals surface area contributed by atoms with Gasteiger partial charge in [0.05, 0.1) is 23.3 Å². The number of hydrogen-bond donors (Lipinski definition) is 1. The predicted molar refractivity (Wildman–Crippen MR) is 69.9 cm³/mol. The molecule has 3 aromatic rings. The van der Waals surface area contributed by atoms with Gasteiger partial charge in [0.25, 0.3) is 0 Å². The summed E-state index contributed by atoms with van der Waals surface area (Å²) < 4.78 is 2.01. The molecule has 0 saturated carbocycles. The van der Waals surface area contributed by atoms with Crippen LogP contribution >= 0.6 is 0 Å². The van der Waals surface area contributed by atoms with Crippen molar-refractivity contribution in [2.24, 2.45) is 7.05 Å². The highest BCUT2D eigenvalue weighted by atomic mass is 16.3. The van der Waals surface area contributed by atoms with Gasteiger partial charge < -0.3 is 9.67 Å². The lowest BCUT2D eigenvalue weighted by molar-refractivity contribution is 0.277. The van der Waals surface area contributed by atoms with Gasteiger partial charge in [0.2, 0.25) is 0 Å². The molecule has 4 heteroatoms. The molecule has 0 saturated heterocycles. The molecule has 0 amide bonds. The van der Waals surface area contributed by atoms with Crippen LogP contribution in [0, 0.1) is 0 Å². The Hall–Kier alpha value is -2.20. The van der Waals surface area contributed by atoms with Gasteiger partial charge in [-0.2, -0.15) is 0 Å². The summed E-state index contributed by atoms with van der Waals surface area (Å²) in [5, 5.41) is 9.13. The molecule has 0 bridgehead atoms. The summed E-state index contributed by atoms with van der Waals surface area (Å²) in [5.74, 6) is 0.812. The van der Waals surface area contributed by atoms with Crippen molar-refractivity contribution in [3.63, 3.8) is 0 Å². The average Bonchev–Trinajstić information content (AvgIpc) is 2.77. The number of para-hydroxylation sites is 2. The normalized spacial score (nSPS) is 11.0. The van der Waals surface area contributed by atoms with Crippen molar-refractivity contribution in [1.29, 1.82) is 0 Å². The van der Waals surface area contributed by atoms with E-state index < -0.39 is 0 Å². The van der Waals surface area contributed by atoms with Crippen molar-refractivity contribution >= 4 is 11.0 Å². The molecule has 3 rings (SSSR count). The number of benzene rings is 1. The molecule has 0 radical (unpaired) electrons. The van der Waals surface area contributed by atoms with Crippen LogP contribution in [0.1, 0.15) is 5.69 Å². The molecule has 4 nitrogen and oxygen atoms in total. The van der Waals surface area contributed by atoms with Crippen LogP contribution in [0.4, 0.5) is 0 Å². The summed E-state index contributed by atoms with van der Waals surface area (Å²) in [4.78, 5) is 8.96. The number of nitrogens with zero attached hydrogens (tertiary/aromatic N) is 3. The predicted octanol–water partition coefficient (Wildman–Crippen LogP) is 2.13. The number of aliphatic hydroxyl groups excluding tert-OH is 1. The zero-order chi connectivity index (χ0) is 12.5. The smallest absolute Gasteiger partial charge is 0.159 e. The Morgan fingerprint density at radius 3 is 2.67 bits per heavy atom. The average molecular weight is 239 g/mol. The van der Waals surface area contributed by atoms with Crippen LogP contribution < -0.4 is 0 Å². The first kappa shape index (κ1) is 10.9. The molecule has 0 atom stereocenters. The van der Waals surface area contributed by atoms with Gasteiger partial charge in [-0.3, -0.25) is 0 Å². The molecule has 90 valence electrons. The van der Waals surface area contributed by atoms with E-state index in [1.54, 1.807) is 6.07 Å². The minimum Gasteiger partial charge on any atom is -0.390 e. The minimum atomic E-state index is -0.0578. The molecule has 0 aliphatic carbocycles. The number of fused-ring (bicyclic) bond motifs is 1. The van der Waals surface area contributed by atoms with Crippen LogP contribution in [0.2, 0.25) is 0 Å². The van der Waals surface area contributed by atoms with Crippen molar-refractivity contribution in [2.45, 2.75) is 6.61 Å². The Balaban J connectivity index is 2.21. The second-order valence-corrected chi connectivity index (χ2v) is 4.16. The minimum absolute atomic E-state index is 0.0578. The Kier molecular flexibility index (Phi) is 2.57. The van der Waals surface area contributed by atoms with E-state index in [0.29, 0.717) is 5.69 Å². The summed E-state index contributed by atoms with van der Waals surface area (Å²) in [6.07, 6.45) is 0. The van der Waals surface area contributed by atoms with Gasteiger partial charge in [-0.25, -0.2) is 9.97 Å². The highest BCUT2D eigenvalue weighted by Gasteiger charge is 2.10. The SMILES string of the molecule is Cn1c(-c2cccc(CO)n2)nc2ccccc21. The fourth-order valence-electron chi connectivity index (χ4n) is 2.07. The first-order valence-corrected chi connectivity index (χ1v) is 5.78. The molecule has 1 N–H and O–H groups in total. The van der Waals surface area contributed by atoms with Crippen molar-refractivity contribution < 1.29 is 5.11 Å². The highest BCUT2D eigenvalue weighted by Crippen LogP contribution is 2.22. The topological polar surface area (TPSA) is 50.9 Å². The standard InChI is InChI=1S/C14H13N3O/c1-17-13-8-3-2-6-11(13)16-14(17)12-7-4-5-10(9-18)15-12/h2-8,18H,9H2,1H3. The lowest BCUT2D eigenvalue weighted by Crippen LogP contribution is -1.97. The third-order valence-corrected chi connectivity index (χ3v) is 2.99. The molecular formula is C14H13N3O. The molecule has 0 unspecified atom stereocenters. The van der Waals surface area contributed by atoms with Crippen molar-refractivity contribution in [1.82, 2.24) is 14.5 Å². The number of aliphatic hydroxyl groups is 1. The van der Waals surface area contributed by atoms with E-state index in [1.807, 2.05) is 48.0 Å². The van der Waals surface area contributed by atoms with E-state index in [1.165, 1.54) is 0 Å². The lowest BCUT2D eigenvalue weighted by Gasteiger charge is -2.03. The number of hydrogen-bond acceptors (Lipinski definition) is 3. The quantitative estimate of drug-likeness (QED) is 0.745. The van der Waals surface area contributed by atoms with Gasteiger partial charge in [-0.1, -0.05) is 18.2 Å². The van der Waals surface area contributed by atoms with Crippen molar-refractivity contribution in [3.05, 3.63) is 48.2 Å². The first-order valence-electron chi connectivity index (χ1n) is 5.78. The van der Waals surface area contributed by atoms with Gasteiger partial charge in [0.1, 0.15) is 5.69 Å². The number of aryl methyl sites for hydroxylation is 1. The van der Waals surface area contributed by atoms with Crippen LogP contribution in [0.25, 0.3) is 22.6 Å². The Labute approximate surface area is 105 Å². The summed E-state index contributed by atoms with van der Waals surface area (Å²) in [6, 6.07) is 13.6. The van der Waals surface area contributed by atoms with Gasteiger partial charge >= 0.3 is 0 Å². The summed E-state index contributed by atoms with van der Waals surface area (Å²) >= 11 is 0. The largest absolute Gasteiger partial charge is 0.390 e. The number of pyridine rings is 1. The summed E-state index contributed by atoms with van der Waals surface area (Å²) in [5.41, 5.74) is 3.45. The number of rotatable bonds is 2. The zero-order valence-corrected chi connectivity index (χ0v) is 10.0. The van der Waals surface area contributed by atoms with Crippen LogP contribution in [0.15, 0.2) is 42.5 Å². The van der Waals surface area contributed by atoms with E-state index in [4.69, 9.17) is 5.11 Å². The van der Waals surface area contributed by atoms with Crippen molar-refractivity contribution in [2.75, 3.05) is 0 Å². The second kappa shape index (κ2) is 4.23. The lowest BCUT2D eigenvalue weighted by atomic mass is 10.3. The summed E-state index contributed by atoms with van der Waals surface area (Å²) in [7, 11) is 1.97. The maximum absolute atomic E-state index is 9.13. The fraction of sp³-hybridized carbons (Fsp3) is 0.143. The van der Waals surface area contributed by atoms with Gasteiger partial charge in [0.15, 0.2) is 5.82 Å². The molecule has 2 aromatic heterocycles. The third-order valence-electron chi connectivity index (χ3n) is 2.99. The number of imidazole rings is 1. The summed E-state index contributed by atoms with van der Waals surface area (Å²) in [6.45, 7) is -0.0578. The fourth-order valence-corrected chi connectivity index (χ4v) is 2.07. The molecule has 0 aliphatic heterocycles. The molecule has 0 aliphatic rings. The molecule has 0 fully saturated rings. The Bertz CT molecular complexity index is 703. The molecule has 2 heterocycles. The Morgan fingerprint density at radius 1 is 1.06 bits per heavy atom. The molecular weight excluding hydrogens is 226 g/mol. The first-order chi connectivity index (χ1) is 8.79. The van der Waals surface area contributed by atoms with Gasteiger partial charge in [-0.15, -0.1) is 0 Å². The maximum atomic E-state index is 9.13. The van der Waals surface area contributed by atoms with E-state index in [0.717, 1.165) is 22.6 Å². The Morgan fingerprint density at radius 2 is 1.89 bits per heavy atom. The van der Waals surface area contributed by atoms with Crippen LogP contribution in [-0.2, 0) is 13.7 Å². The molecule has 1 aromatic carbocycles. The monoisotopic (exact) mass is 239 g/mol. The zero-order valence-electron chi connectivity index (χ0n) is 10.0. The van der Waals surface area contributed by atoms with Crippen molar-refractivity contribution in [3.8, 4) is 11.5 Å². The van der Waals surface area contributed by atoms with E-state index in [9.17, 15) is 0 Å². The second-order valence-electron chi connectivity index (χ2n) is 4.16. The van der Waals surface area contributed by atoms with E-state index >= 15 is 0 Å². The van der Waals surface area contributed by atoms with Gasteiger partial charge in [0, 0.05) is 7.05 Å². The highest BCUT2D eigenvalue weighted by molar-refractivity contribution is 5.79. The van der Waals surface area contributed by atoms with E-state index in [2.05, 4.69) is 9.97 Å². The molecule has 0 spiro atoms. The number of aromatic nitrogens is 3. The third kappa shape index (κ3) is 1.67. The van der Waals surface area contributed by atoms with Crippen LogP contribution in [-0.4, -0.2) is 19.6 Å². The van der Waals surface area contributed by atoms with E-state index in [-0.39, 0.29) is 6.61 Å². The van der Waals surface area contributed by atoms with Gasteiger partial charge in [-0.05, 0) is 24.3 Å².